The molecule has 1 aliphatic carbocycles. The summed E-state index contributed by atoms with van der Waals surface area (Å²) in [7, 11) is 0. The third kappa shape index (κ3) is 2.06. The Morgan fingerprint density at radius 2 is 2.19 bits per heavy atom. The average molecular weight is 286 g/mol. The molecule has 0 spiro atoms. The number of nitro benzene ring substituents is 1. The van der Waals surface area contributed by atoms with Gasteiger partial charge in [0.2, 0.25) is 0 Å². The van der Waals surface area contributed by atoms with Crippen LogP contribution in [-0.4, -0.2) is 16.0 Å². The summed E-state index contributed by atoms with van der Waals surface area (Å²) in [6.45, 7) is 0. The van der Waals surface area contributed by atoms with Gasteiger partial charge in [-0.2, -0.15) is 0 Å². The SMILES string of the molecule is O=C(O)C1CC1c1cc(Br)cc([N+](=O)[O-])c1. The zero-order chi connectivity index (χ0) is 11.9. The lowest BCUT2D eigenvalue weighted by Gasteiger charge is -2.00. The van der Waals surface area contributed by atoms with Gasteiger partial charge in [-0.25, -0.2) is 0 Å². The first kappa shape index (κ1) is 11.1. The molecule has 1 aromatic carbocycles. The van der Waals surface area contributed by atoms with Gasteiger partial charge in [0, 0.05) is 16.6 Å². The standard InChI is InChI=1S/C10H8BrNO4/c11-6-1-5(2-7(3-6)12(15)16)8-4-9(8)10(13)14/h1-3,8-9H,4H2,(H,13,14). The van der Waals surface area contributed by atoms with Crippen LogP contribution in [-0.2, 0) is 4.79 Å². The van der Waals surface area contributed by atoms with E-state index in [0.29, 0.717) is 16.5 Å². The second-order valence-corrected chi connectivity index (χ2v) is 4.70. The Bertz CT molecular complexity index is 474. The number of aliphatic carboxylic acids is 1. The Morgan fingerprint density at radius 3 is 2.69 bits per heavy atom. The van der Waals surface area contributed by atoms with Gasteiger partial charge in [0.25, 0.3) is 5.69 Å². The molecule has 1 aliphatic rings. The lowest BCUT2D eigenvalue weighted by Crippen LogP contribution is -1.99. The quantitative estimate of drug-likeness (QED) is 0.684. The molecule has 0 radical (unpaired) electrons. The van der Waals surface area contributed by atoms with E-state index in [2.05, 4.69) is 15.9 Å². The largest absolute Gasteiger partial charge is 0.481 e. The summed E-state index contributed by atoms with van der Waals surface area (Å²) in [5.74, 6) is -1.32. The van der Waals surface area contributed by atoms with Crippen molar-refractivity contribution in [3.63, 3.8) is 0 Å². The van der Waals surface area contributed by atoms with E-state index < -0.39 is 16.8 Å². The predicted octanol–water partition coefficient (Wildman–Crippen LogP) is 2.55. The van der Waals surface area contributed by atoms with Gasteiger partial charge in [-0.3, -0.25) is 14.9 Å². The lowest BCUT2D eigenvalue weighted by molar-refractivity contribution is -0.385. The second-order valence-electron chi connectivity index (χ2n) is 3.79. The predicted molar refractivity (Wildman–Crippen MR) is 59.3 cm³/mol. The molecule has 1 saturated carbocycles. The molecule has 1 aromatic rings. The van der Waals surface area contributed by atoms with Crippen LogP contribution in [0.2, 0.25) is 0 Å². The highest BCUT2D eigenvalue weighted by atomic mass is 79.9. The van der Waals surface area contributed by atoms with Gasteiger partial charge < -0.3 is 5.11 Å². The summed E-state index contributed by atoms with van der Waals surface area (Å²) in [6.07, 6.45) is 0.558. The van der Waals surface area contributed by atoms with Gasteiger partial charge in [-0.15, -0.1) is 0 Å². The van der Waals surface area contributed by atoms with E-state index in [-0.39, 0.29) is 11.6 Å². The minimum atomic E-state index is -0.840. The van der Waals surface area contributed by atoms with E-state index >= 15 is 0 Å². The van der Waals surface area contributed by atoms with Gasteiger partial charge in [0.05, 0.1) is 10.8 Å². The fraction of sp³-hybridized carbons (Fsp3) is 0.300. The van der Waals surface area contributed by atoms with Crippen molar-refractivity contribution in [1.29, 1.82) is 0 Å². The molecule has 0 saturated heterocycles. The van der Waals surface area contributed by atoms with Crippen molar-refractivity contribution in [2.24, 2.45) is 5.92 Å². The Hall–Kier alpha value is -1.43. The van der Waals surface area contributed by atoms with Gasteiger partial charge >= 0.3 is 5.97 Å². The van der Waals surface area contributed by atoms with Crippen LogP contribution < -0.4 is 0 Å². The number of rotatable bonds is 3. The first-order valence-corrected chi connectivity index (χ1v) is 5.46. The zero-order valence-electron chi connectivity index (χ0n) is 8.09. The van der Waals surface area contributed by atoms with E-state index in [1.54, 1.807) is 6.07 Å². The van der Waals surface area contributed by atoms with Gasteiger partial charge in [0.15, 0.2) is 0 Å². The number of hydrogen-bond donors (Lipinski definition) is 1. The fourth-order valence-electron chi connectivity index (χ4n) is 1.75. The highest BCUT2D eigenvalue weighted by Gasteiger charge is 2.44. The van der Waals surface area contributed by atoms with Crippen molar-refractivity contribution >= 4 is 27.6 Å². The third-order valence-electron chi connectivity index (χ3n) is 2.65. The van der Waals surface area contributed by atoms with Crippen LogP contribution in [0, 0.1) is 16.0 Å². The van der Waals surface area contributed by atoms with Crippen LogP contribution in [0.3, 0.4) is 0 Å². The normalized spacial score (nSPS) is 22.8. The molecule has 0 aromatic heterocycles. The number of nitro groups is 1. The summed E-state index contributed by atoms with van der Waals surface area (Å²) in [4.78, 5) is 20.9. The minimum Gasteiger partial charge on any atom is -0.481 e. The minimum absolute atomic E-state index is 0.0135. The van der Waals surface area contributed by atoms with Crippen LogP contribution in [0.15, 0.2) is 22.7 Å². The number of hydrogen-bond acceptors (Lipinski definition) is 3. The van der Waals surface area contributed by atoms with Crippen molar-refractivity contribution < 1.29 is 14.8 Å². The van der Waals surface area contributed by atoms with Crippen molar-refractivity contribution in [2.75, 3.05) is 0 Å². The van der Waals surface area contributed by atoms with Crippen molar-refractivity contribution in [2.45, 2.75) is 12.3 Å². The van der Waals surface area contributed by atoms with Crippen molar-refractivity contribution in [3.8, 4) is 0 Å². The molecule has 0 bridgehead atoms. The van der Waals surface area contributed by atoms with E-state index in [0.717, 1.165) is 0 Å². The molecule has 2 rings (SSSR count). The molecule has 1 fully saturated rings. The molecule has 0 aliphatic heterocycles. The summed E-state index contributed by atoms with van der Waals surface area (Å²) in [5, 5.41) is 19.4. The number of nitrogens with zero attached hydrogens (tertiary/aromatic N) is 1. The Labute approximate surface area is 99.4 Å². The van der Waals surface area contributed by atoms with Crippen LogP contribution in [0.4, 0.5) is 5.69 Å². The molecule has 0 amide bonds. The van der Waals surface area contributed by atoms with E-state index in [1.807, 2.05) is 0 Å². The first-order chi connectivity index (χ1) is 7.49. The smallest absolute Gasteiger partial charge is 0.307 e. The maximum Gasteiger partial charge on any atom is 0.307 e. The molecule has 2 atom stereocenters. The second kappa shape index (κ2) is 3.86. The van der Waals surface area contributed by atoms with Crippen molar-refractivity contribution in [3.05, 3.63) is 38.3 Å². The number of halogens is 1. The summed E-state index contributed by atoms with van der Waals surface area (Å²) < 4.78 is 0.604. The topological polar surface area (TPSA) is 80.4 Å². The van der Waals surface area contributed by atoms with Gasteiger partial charge in [-0.05, 0) is 24.0 Å². The maximum absolute atomic E-state index is 10.7. The highest BCUT2D eigenvalue weighted by molar-refractivity contribution is 9.10. The number of carbonyl (C=O) groups is 1. The maximum atomic E-state index is 10.7. The van der Waals surface area contributed by atoms with Gasteiger partial charge in [-0.1, -0.05) is 15.9 Å². The fourth-order valence-corrected chi connectivity index (χ4v) is 2.25. The third-order valence-corrected chi connectivity index (χ3v) is 3.11. The molecule has 16 heavy (non-hydrogen) atoms. The summed E-state index contributed by atoms with van der Waals surface area (Å²) in [6, 6.07) is 4.58. The van der Waals surface area contributed by atoms with Crippen LogP contribution in [0.5, 0.6) is 0 Å². The number of non-ortho nitro benzene ring substituents is 1. The molecular weight excluding hydrogens is 278 g/mol. The summed E-state index contributed by atoms with van der Waals surface area (Å²) >= 11 is 3.18. The first-order valence-electron chi connectivity index (χ1n) is 4.66. The molecule has 84 valence electrons. The average Bonchev–Trinajstić information content (AvgIpc) is 2.95. The molecule has 5 nitrogen and oxygen atoms in total. The van der Waals surface area contributed by atoms with Crippen LogP contribution >= 0.6 is 15.9 Å². The lowest BCUT2D eigenvalue weighted by atomic mass is 10.1. The van der Waals surface area contributed by atoms with E-state index in [9.17, 15) is 14.9 Å². The Kier molecular flexibility index (Phi) is 2.67. The molecule has 6 heteroatoms. The Balaban J connectivity index is 2.29. The van der Waals surface area contributed by atoms with Crippen molar-refractivity contribution in [1.82, 2.24) is 0 Å². The van der Waals surface area contributed by atoms with E-state index in [1.165, 1.54) is 12.1 Å². The number of carboxylic acid groups (broad SMARTS) is 1. The number of carboxylic acids is 1. The Morgan fingerprint density at radius 1 is 1.50 bits per heavy atom. The van der Waals surface area contributed by atoms with Crippen LogP contribution in [0.1, 0.15) is 17.9 Å². The van der Waals surface area contributed by atoms with Gasteiger partial charge in [0.1, 0.15) is 0 Å². The monoisotopic (exact) mass is 285 g/mol. The molecular formula is C10H8BrNO4. The molecule has 0 heterocycles. The van der Waals surface area contributed by atoms with E-state index in [4.69, 9.17) is 5.11 Å². The summed E-state index contributed by atoms with van der Waals surface area (Å²) in [5.41, 5.74) is 0.703. The van der Waals surface area contributed by atoms with Crippen LogP contribution in [0.25, 0.3) is 0 Å². The molecule has 1 N–H and O–H groups in total. The highest BCUT2D eigenvalue weighted by Crippen LogP contribution is 2.48. The molecule has 2 unspecified atom stereocenters. The number of benzene rings is 1. The zero-order valence-corrected chi connectivity index (χ0v) is 9.68.